The minimum Gasteiger partial charge on any atom is -0.312 e. The van der Waals surface area contributed by atoms with Crippen LogP contribution in [0, 0.1) is 0 Å². The van der Waals surface area contributed by atoms with E-state index < -0.39 is 10.0 Å². The summed E-state index contributed by atoms with van der Waals surface area (Å²) in [4.78, 5) is 18.4. The van der Waals surface area contributed by atoms with E-state index in [9.17, 15) is 13.2 Å². The first-order chi connectivity index (χ1) is 15.0. The normalized spacial score (nSPS) is 14.3. The standard InChI is InChI=1S/C23H19N3O3S2/c27-22-10-5-15-26(22)16-11-13-17(14-12-16)31(28,29)25-19-7-2-1-6-18(19)23-24-20-8-3-4-9-21(20)30-23/h1-4,6-9,11-14,25H,5,10,15H2. The quantitative estimate of drug-likeness (QED) is 0.470. The van der Waals surface area contributed by atoms with Crippen molar-refractivity contribution >= 4 is 48.9 Å². The molecule has 0 aliphatic carbocycles. The average Bonchev–Trinajstić information content (AvgIpc) is 3.40. The van der Waals surface area contributed by atoms with Gasteiger partial charge in [-0.25, -0.2) is 13.4 Å². The first kappa shape index (κ1) is 19.7. The minimum atomic E-state index is -3.80. The van der Waals surface area contributed by atoms with E-state index in [-0.39, 0.29) is 10.8 Å². The van der Waals surface area contributed by atoms with Gasteiger partial charge in [-0.05, 0) is 55.0 Å². The molecule has 1 aliphatic rings. The number of fused-ring (bicyclic) bond motifs is 1. The Bertz CT molecular complexity index is 1350. The Morgan fingerprint density at radius 2 is 1.68 bits per heavy atom. The molecule has 1 aromatic heterocycles. The molecule has 1 amide bonds. The number of hydrogen-bond donors (Lipinski definition) is 1. The Kier molecular flexibility index (Phi) is 4.95. The van der Waals surface area contributed by atoms with Crippen LogP contribution in [0.25, 0.3) is 20.8 Å². The molecular formula is C23H19N3O3S2. The van der Waals surface area contributed by atoms with Crippen LogP contribution in [-0.2, 0) is 14.8 Å². The Balaban J connectivity index is 1.45. The summed E-state index contributed by atoms with van der Waals surface area (Å²) in [6, 6.07) is 21.5. The summed E-state index contributed by atoms with van der Waals surface area (Å²) in [7, 11) is -3.80. The summed E-state index contributed by atoms with van der Waals surface area (Å²) in [5.74, 6) is 0.0681. The third-order valence-electron chi connectivity index (χ3n) is 5.23. The lowest BCUT2D eigenvalue weighted by Gasteiger charge is -2.16. The number of aromatic nitrogens is 1. The van der Waals surface area contributed by atoms with E-state index in [1.165, 1.54) is 23.5 Å². The van der Waals surface area contributed by atoms with Gasteiger partial charge in [0.05, 0.1) is 20.8 Å². The van der Waals surface area contributed by atoms with E-state index in [1.54, 1.807) is 29.2 Å². The van der Waals surface area contributed by atoms with Gasteiger partial charge in [-0.3, -0.25) is 9.52 Å². The van der Waals surface area contributed by atoms with Gasteiger partial charge in [0.25, 0.3) is 10.0 Å². The lowest BCUT2D eigenvalue weighted by atomic mass is 10.2. The third kappa shape index (κ3) is 3.80. The maximum atomic E-state index is 13.0. The predicted octanol–water partition coefficient (Wildman–Crippen LogP) is 4.89. The van der Waals surface area contributed by atoms with E-state index in [4.69, 9.17) is 0 Å². The molecular weight excluding hydrogens is 430 g/mol. The van der Waals surface area contributed by atoms with Crippen molar-refractivity contribution < 1.29 is 13.2 Å². The van der Waals surface area contributed by atoms with Crippen LogP contribution in [0.4, 0.5) is 11.4 Å². The number of carbonyl (C=O) groups excluding carboxylic acids is 1. The Morgan fingerprint density at radius 1 is 0.935 bits per heavy atom. The van der Waals surface area contributed by atoms with Gasteiger partial charge in [0.2, 0.25) is 5.91 Å². The molecule has 0 saturated carbocycles. The molecule has 6 nitrogen and oxygen atoms in total. The molecule has 0 bridgehead atoms. The molecule has 31 heavy (non-hydrogen) atoms. The molecule has 1 aliphatic heterocycles. The predicted molar refractivity (Wildman–Crippen MR) is 124 cm³/mol. The Morgan fingerprint density at radius 3 is 2.42 bits per heavy atom. The van der Waals surface area contributed by atoms with E-state index in [0.717, 1.165) is 32.9 Å². The number of thiazole rings is 1. The number of carbonyl (C=O) groups is 1. The summed E-state index contributed by atoms with van der Waals surface area (Å²) < 4.78 is 29.8. The van der Waals surface area contributed by atoms with E-state index >= 15 is 0 Å². The average molecular weight is 450 g/mol. The number of amides is 1. The number of nitrogens with one attached hydrogen (secondary N) is 1. The number of benzene rings is 3. The Labute approximate surface area is 184 Å². The zero-order chi connectivity index (χ0) is 21.4. The second-order valence-corrected chi connectivity index (χ2v) is 9.99. The van der Waals surface area contributed by atoms with Crippen molar-refractivity contribution in [2.45, 2.75) is 17.7 Å². The molecule has 4 aromatic rings. The van der Waals surface area contributed by atoms with Gasteiger partial charge in [-0.2, -0.15) is 0 Å². The van der Waals surface area contributed by atoms with Crippen LogP contribution in [0.3, 0.4) is 0 Å². The topological polar surface area (TPSA) is 79.4 Å². The first-order valence-electron chi connectivity index (χ1n) is 9.89. The fraction of sp³-hybridized carbons (Fsp3) is 0.130. The molecule has 0 unspecified atom stereocenters. The van der Waals surface area contributed by atoms with Crippen LogP contribution in [-0.4, -0.2) is 25.9 Å². The van der Waals surface area contributed by atoms with Gasteiger partial charge in [0.15, 0.2) is 0 Å². The first-order valence-corrected chi connectivity index (χ1v) is 12.2. The summed E-state index contributed by atoms with van der Waals surface area (Å²) in [6.45, 7) is 0.665. The SMILES string of the molecule is O=C1CCCN1c1ccc(S(=O)(=O)Nc2ccccc2-c2nc3ccccc3s2)cc1. The second-order valence-electron chi connectivity index (χ2n) is 7.28. The number of nitrogens with zero attached hydrogens (tertiary/aromatic N) is 2. The molecule has 0 spiro atoms. The molecule has 156 valence electrons. The lowest BCUT2D eigenvalue weighted by molar-refractivity contribution is -0.117. The number of sulfonamides is 1. The van der Waals surface area contributed by atoms with Gasteiger partial charge in [0, 0.05) is 24.2 Å². The van der Waals surface area contributed by atoms with E-state index in [0.29, 0.717) is 18.7 Å². The Hall–Kier alpha value is -3.23. The van der Waals surface area contributed by atoms with Gasteiger partial charge in [-0.1, -0.05) is 24.3 Å². The largest absolute Gasteiger partial charge is 0.312 e. The maximum absolute atomic E-state index is 13.0. The molecule has 1 fully saturated rings. The van der Waals surface area contributed by atoms with Gasteiger partial charge >= 0.3 is 0 Å². The van der Waals surface area contributed by atoms with E-state index in [1.807, 2.05) is 36.4 Å². The van der Waals surface area contributed by atoms with Gasteiger partial charge in [-0.15, -0.1) is 11.3 Å². The maximum Gasteiger partial charge on any atom is 0.261 e. The molecule has 1 saturated heterocycles. The van der Waals surface area contributed by atoms with Crippen LogP contribution in [0.15, 0.2) is 77.7 Å². The molecule has 3 aromatic carbocycles. The van der Waals surface area contributed by atoms with Crippen LogP contribution in [0.5, 0.6) is 0 Å². The monoisotopic (exact) mass is 449 g/mol. The zero-order valence-corrected chi connectivity index (χ0v) is 18.1. The summed E-state index contributed by atoms with van der Waals surface area (Å²) in [5.41, 5.74) is 2.80. The van der Waals surface area contributed by atoms with Crippen molar-refractivity contribution in [2.24, 2.45) is 0 Å². The fourth-order valence-electron chi connectivity index (χ4n) is 3.68. The second kappa shape index (κ2) is 7.79. The van der Waals surface area contributed by atoms with Crippen molar-refractivity contribution in [1.29, 1.82) is 0 Å². The van der Waals surface area contributed by atoms with E-state index in [2.05, 4.69) is 9.71 Å². The van der Waals surface area contributed by atoms with Gasteiger partial charge < -0.3 is 4.90 Å². The van der Waals surface area contributed by atoms with Gasteiger partial charge in [0.1, 0.15) is 5.01 Å². The smallest absolute Gasteiger partial charge is 0.261 e. The molecule has 0 radical (unpaired) electrons. The minimum absolute atomic E-state index is 0.0681. The highest BCUT2D eigenvalue weighted by Gasteiger charge is 2.23. The van der Waals surface area contributed by atoms with Crippen LogP contribution < -0.4 is 9.62 Å². The van der Waals surface area contributed by atoms with Crippen molar-refractivity contribution in [1.82, 2.24) is 4.98 Å². The number of hydrogen-bond acceptors (Lipinski definition) is 5. The van der Waals surface area contributed by atoms with Crippen LogP contribution in [0.1, 0.15) is 12.8 Å². The number of anilines is 2. The van der Waals surface area contributed by atoms with Crippen molar-refractivity contribution in [3.63, 3.8) is 0 Å². The highest BCUT2D eigenvalue weighted by Crippen LogP contribution is 2.35. The molecule has 8 heteroatoms. The molecule has 2 heterocycles. The van der Waals surface area contributed by atoms with Crippen molar-refractivity contribution in [3.05, 3.63) is 72.8 Å². The van der Waals surface area contributed by atoms with Crippen molar-refractivity contribution in [2.75, 3.05) is 16.2 Å². The summed E-state index contributed by atoms with van der Waals surface area (Å²) >= 11 is 1.52. The fourth-order valence-corrected chi connectivity index (χ4v) is 5.76. The summed E-state index contributed by atoms with van der Waals surface area (Å²) in [5, 5.41) is 0.752. The highest BCUT2D eigenvalue weighted by molar-refractivity contribution is 7.92. The summed E-state index contributed by atoms with van der Waals surface area (Å²) in [6.07, 6.45) is 1.35. The van der Waals surface area contributed by atoms with Crippen LogP contribution in [0.2, 0.25) is 0 Å². The highest BCUT2D eigenvalue weighted by atomic mass is 32.2. The molecule has 5 rings (SSSR count). The van der Waals surface area contributed by atoms with Crippen LogP contribution >= 0.6 is 11.3 Å². The molecule has 0 atom stereocenters. The number of rotatable bonds is 5. The van der Waals surface area contributed by atoms with Crippen molar-refractivity contribution in [3.8, 4) is 10.6 Å². The molecule has 1 N–H and O–H groups in total. The number of para-hydroxylation sites is 2. The zero-order valence-electron chi connectivity index (χ0n) is 16.5. The lowest BCUT2D eigenvalue weighted by Crippen LogP contribution is -2.23. The third-order valence-corrected chi connectivity index (χ3v) is 7.68.